The number of benzene rings is 2. The van der Waals surface area contributed by atoms with Crippen molar-refractivity contribution in [1.82, 2.24) is 10.2 Å². The number of likely N-dealkylation sites (tertiary alicyclic amines) is 1. The van der Waals surface area contributed by atoms with Gasteiger partial charge in [0.1, 0.15) is 5.82 Å². The number of nitrogens with zero attached hydrogens (tertiary/aromatic N) is 1. The van der Waals surface area contributed by atoms with Gasteiger partial charge in [-0.3, -0.25) is 9.59 Å². The highest BCUT2D eigenvalue weighted by Crippen LogP contribution is 2.33. The number of aryl methyl sites for hydroxylation is 1. The fraction of sp³-hybridized carbons (Fsp3) is 0.304. The first kappa shape index (κ1) is 19.9. The van der Waals surface area contributed by atoms with Gasteiger partial charge in [0.15, 0.2) is 17.1 Å². The molecule has 0 bridgehead atoms. The Morgan fingerprint density at radius 3 is 2.57 bits per heavy atom. The van der Waals surface area contributed by atoms with Crippen LogP contribution in [0.2, 0.25) is 0 Å². The van der Waals surface area contributed by atoms with E-state index in [4.69, 9.17) is 9.15 Å². The summed E-state index contributed by atoms with van der Waals surface area (Å²) in [6, 6.07) is 11.3. The Labute approximate surface area is 173 Å². The molecule has 1 fully saturated rings. The Morgan fingerprint density at radius 1 is 1.13 bits per heavy atom. The van der Waals surface area contributed by atoms with Crippen LogP contribution in [0.25, 0.3) is 11.0 Å². The maximum Gasteiger partial charge on any atom is 0.289 e. The van der Waals surface area contributed by atoms with Gasteiger partial charge in [0.2, 0.25) is 0 Å². The molecule has 2 heterocycles. The number of para-hydroxylation sites is 1. The molecule has 3 aromatic rings. The van der Waals surface area contributed by atoms with Crippen molar-refractivity contribution >= 4 is 22.8 Å². The number of piperidine rings is 1. The summed E-state index contributed by atoms with van der Waals surface area (Å²) in [4.78, 5) is 27.1. The Balaban J connectivity index is 1.43. The zero-order valence-corrected chi connectivity index (χ0v) is 16.9. The van der Waals surface area contributed by atoms with Gasteiger partial charge in [0, 0.05) is 30.1 Å². The predicted octanol–water partition coefficient (Wildman–Crippen LogP) is 3.92. The molecule has 2 amide bonds. The van der Waals surface area contributed by atoms with Crippen LogP contribution in [0, 0.1) is 12.7 Å². The molecule has 1 aliphatic rings. The monoisotopic (exact) mass is 410 g/mol. The normalized spacial score (nSPS) is 14.7. The van der Waals surface area contributed by atoms with Crippen LogP contribution in [0.4, 0.5) is 4.39 Å². The zero-order chi connectivity index (χ0) is 21.3. The van der Waals surface area contributed by atoms with Crippen molar-refractivity contribution in [2.24, 2.45) is 0 Å². The molecule has 0 aliphatic carbocycles. The van der Waals surface area contributed by atoms with Crippen molar-refractivity contribution in [1.29, 1.82) is 0 Å². The van der Waals surface area contributed by atoms with Crippen LogP contribution in [0.15, 0.2) is 46.9 Å². The summed E-state index contributed by atoms with van der Waals surface area (Å²) in [5.41, 5.74) is 1.37. The molecule has 1 aromatic heterocycles. The molecule has 6 nitrogen and oxygen atoms in total. The molecule has 2 aromatic carbocycles. The molecule has 0 spiro atoms. The lowest BCUT2D eigenvalue weighted by Gasteiger charge is -2.32. The summed E-state index contributed by atoms with van der Waals surface area (Å²) in [5.74, 6) is -0.256. The third-order valence-electron chi connectivity index (χ3n) is 5.58. The van der Waals surface area contributed by atoms with E-state index in [2.05, 4.69) is 5.32 Å². The molecule has 0 saturated carbocycles. The largest absolute Gasteiger partial charge is 0.493 e. The van der Waals surface area contributed by atoms with Gasteiger partial charge in [-0.2, -0.15) is 0 Å². The summed E-state index contributed by atoms with van der Waals surface area (Å²) in [6.45, 7) is 2.82. The van der Waals surface area contributed by atoms with Crippen LogP contribution in [-0.2, 0) is 0 Å². The van der Waals surface area contributed by atoms with Gasteiger partial charge in [-0.1, -0.05) is 24.3 Å². The van der Waals surface area contributed by atoms with Crippen molar-refractivity contribution in [3.8, 4) is 5.75 Å². The number of nitrogens with one attached hydrogen (secondary N) is 1. The first-order valence-corrected chi connectivity index (χ1v) is 9.90. The summed E-state index contributed by atoms with van der Waals surface area (Å²) in [6.07, 6.45) is 1.18. The number of methoxy groups -OCH3 is 1. The topological polar surface area (TPSA) is 71.8 Å². The number of hydrogen-bond acceptors (Lipinski definition) is 4. The van der Waals surface area contributed by atoms with Gasteiger partial charge >= 0.3 is 0 Å². The second-order valence-electron chi connectivity index (χ2n) is 7.41. The highest BCUT2D eigenvalue weighted by Gasteiger charge is 2.29. The van der Waals surface area contributed by atoms with Crippen molar-refractivity contribution in [2.45, 2.75) is 25.8 Å². The van der Waals surface area contributed by atoms with E-state index >= 15 is 0 Å². The predicted molar refractivity (Wildman–Crippen MR) is 110 cm³/mol. The van der Waals surface area contributed by atoms with E-state index in [1.807, 2.05) is 19.1 Å². The van der Waals surface area contributed by atoms with E-state index < -0.39 is 11.7 Å². The van der Waals surface area contributed by atoms with Crippen LogP contribution in [0.5, 0.6) is 5.75 Å². The molecular formula is C23H23FN2O4. The summed E-state index contributed by atoms with van der Waals surface area (Å²) in [7, 11) is 1.56. The number of ether oxygens (including phenoxy) is 1. The van der Waals surface area contributed by atoms with E-state index in [9.17, 15) is 14.0 Å². The number of rotatable bonds is 4. The Bertz CT molecular complexity index is 1100. The molecule has 7 heteroatoms. The molecule has 1 saturated heterocycles. The summed E-state index contributed by atoms with van der Waals surface area (Å²) in [5, 5.41) is 3.72. The summed E-state index contributed by atoms with van der Waals surface area (Å²) >= 11 is 0. The third-order valence-corrected chi connectivity index (χ3v) is 5.58. The standard InChI is InChI=1S/C23H23FN2O4/c1-14-16-7-5-9-19(29-2)21(16)30-20(14)23(28)26-12-10-15(11-13-26)25-22(27)17-6-3-4-8-18(17)24/h3-9,15H,10-13H2,1-2H3,(H,25,27). The van der Waals surface area contributed by atoms with Crippen molar-refractivity contribution in [2.75, 3.05) is 20.2 Å². The van der Waals surface area contributed by atoms with E-state index in [-0.39, 0.29) is 17.5 Å². The number of hydrogen-bond donors (Lipinski definition) is 1. The molecule has 0 radical (unpaired) electrons. The lowest BCUT2D eigenvalue weighted by molar-refractivity contribution is 0.0668. The molecule has 30 heavy (non-hydrogen) atoms. The van der Waals surface area contributed by atoms with Crippen LogP contribution in [0.3, 0.4) is 0 Å². The number of carbonyl (C=O) groups is 2. The van der Waals surface area contributed by atoms with E-state index in [1.54, 1.807) is 30.2 Å². The smallest absolute Gasteiger partial charge is 0.289 e. The number of amides is 2. The average molecular weight is 410 g/mol. The number of halogens is 1. The third kappa shape index (κ3) is 3.63. The Morgan fingerprint density at radius 2 is 1.87 bits per heavy atom. The molecule has 0 atom stereocenters. The fourth-order valence-electron chi connectivity index (χ4n) is 3.86. The van der Waals surface area contributed by atoms with E-state index in [0.717, 1.165) is 10.9 Å². The Hall–Kier alpha value is -3.35. The first-order valence-electron chi connectivity index (χ1n) is 9.90. The average Bonchev–Trinajstić information content (AvgIpc) is 3.10. The minimum Gasteiger partial charge on any atom is -0.493 e. The summed E-state index contributed by atoms with van der Waals surface area (Å²) < 4.78 is 25.0. The maximum absolute atomic E-state index is 13.8. The highest BCUT2D eigenvalue weighted by atomic mass is 19.1. The van der Waals surface area contributed by atoms with Crippen LogP contribution in [0.1, 0.15) is 39.3 Å². The highest BCUT2D eigenvalue weighted by molar-refractivity contribution is 6.00. The van der Waals surface area contributed by atoms with Gasteiger partial charge in [-0.05, 0) is 38.0 Å². The van der Waals surface area contributed by atoms with Crippen molar-refractivity contribution < 1.29 is 23.1 Å². The van der Waals surface area contributed by atoms with Gasteiger partial charge in [0.25, 0.3) is 11.8 Å². The Kier molecular flexibility index (Phi) is 5.44. The molecular weight excluding hydrogens is 387 g/mol. The number of fused-ring (bicyclic) bond motifs is 1. The zero-order valence-electron chi connectivity index (χ0n) is 16.9. The number of carbonyl (C=O) groups excluding carboxylic acids is 2. The second kappa shape index (κ2) is 8.18. The van der Waals surface area contributed by atoms with Crippen LogP contribution < -0.4 is 10.1 Å². The van der Waals surface area contributed by atoms with Crippen molar-refractivity contribution in [3.63, 3.8) is 0 Å². The van der Waals surface area contributed by atoms with Crippen molar-refractivity contribution in [3.05, 3.63) is 65.2 Å². The minimum absolute atomic E-state index is 0.0304. The first-order chi connectivity index (χ1) is 14.5. The SMILES string of the molecule is COc1cccc2c(C)c(C(=O)N3CCC(NC(=O)c4ccccc4F)CC3)oc12. The van der Waals surface area contributed by atoms with Gasteiger partial charge in [-0.25, -0.2) is 4.39 Å². The molecule has 156 valence electrons. The molecule has 4 rings (SSSR count). The minimum atomic E-state index is -0.543. The lowest BCUT2D eigenvalue weighted by atomic mass is 10.0. The van der Waals surface area contributed by atoms with Crippen LogP contribution in [-0.4, -0.2) is 43.0 Å². The maximum atomic E-state index is 13.8. The van der Waals surface area contributed by atoms with E-state index in [0.29, 0.717) is 43.0 Å². The number of furan rings is 1. The quantitative estimate of drug-likeness (QED) is 0.708. The van der Waals surface area contributed by atoms with Gasteiger partial charge in [0.05, 0.1) is 12.7 Å². The van der Waals surface area contributed by atoms with E-state index in [1.165, 1.54) is 12.1 Å². The molecule has 1 N–H and O–H groups in total. The van der Waals surface area contributed by atoms with Gasteiger partial charge < -0.3 is 19.4 Å². The molecule has 0 unspecified atom stereocenters. The molecule has 1 aliphatic heterocycles. The second-order valence-corrected chi connectivity index (χ2v) is 7.41. The van der Waals surface area contributed by atoms with Crippen LogP contribution >= 0.6 is 0 Å². The fourth-order valence-corrected chi connectivity index (χ4v) is 3.86. The lowest BCUT2D eigenvalue weighted by Crippen LogP contribution is -2.46. The van der Waals surface area contributed by atoms with Gasteiger partial charge in [-0.15, -0.1) is 0 Å².